The molecule has 78 valence electrons. The fraction of sp³-hybridized carbons (Fsp3) is 0.636. The van der Waals surface area contributed by atoms with Gasteiger partial charge in [0.15, 0.2) is 0 Å². The van der Waals surface area contributed by atoms with Gasteiger partial charge in [-0.05, 0) is 51.4 Å². The second kappa shape index (κ2) is 4.01. The summed E-state index contributed by atoms with van der Waals surface area (Å²) in [5, 5.41) is 13.8. The van der Waals surface area contributed by atoms with Gasteiger partial charge < -0.3 is 10.4 Å². The van der Waals surface area contributed by atoms with Crippen molar-refractivity contribution in [3.05, 3.63) is 21.9 Å². The maximum absolute atomic E-state index is 10.5. The fourth-order valence-electron chi connectivity index (χ4n) is 1.98. The van der Waals surface area contributed by atoms with Crippen molar-refractivity contribution in [2.45, 2.75) is 31.8 Å². The van der Waals surface area contributed by atoms with Crippen LogP contribution in [0.3, 0.4) is 0 Å². The Bertz CT molecular complexity index is 300. The lowest BCUT2D eigenvalue weighted by Gasteiger charge is -2.24. The van der Waals surface area contributed by atoms with Crippen molar-refractivity contribution >= 4 is 11.3 Å². The Morgan fingerprint density at radius 1 is 1.36 bits per heavy atom. The highest BCUT2D eigenvalue weighted by Crippen LogP contribution is 2.35. The Kier molecular flexibility index (Phi) is 2.91. The van der Waals surface area contributed by atoms with Gasteiger partial charge in [-0.15, -0.1) is 11.3 Å². The van der Waals surface area contributed by atoms with Crippen molar-refractivity contribution in [3.63, 3.8) is 0 Å². The normalized spacial score (nSPS) is 28.7. The quantitative estimate of drug-likeness (QED) is 0.745. The average molecular weight is 211 g/mol. The van der Waals surface area contributed by atoms with E-state index in [-0.39, 0.29) is 0 Å². The minimum atomic E-state index is -0.567. The predicted octanol–water partition coefficient (Wildman–Crippen LogP) is 2.02. The molecule has 3 heteroatoms. The molecule has 0 saturated carbocycles. The van der Waals surface area contributed by atoms with E-state index in [4.69, 9.17) is 0 Å². The zero-order valence-corrected chi connectivity index (χ0v) is 9.36. The third-order valence-corrected chi connectivity index (χ3v) is 4.05. The van der Waals surface area contributed by atoms with Gasteiger partial charge in [-0.25, -0.2) is 0 Å². The highest BCUT2D eigenvalue weighted by atomic mass is 32.1. The van der Waals surface area contributed by atoms with Gasteiger partial charge in [0.25, 0.3) is 0 Å². The first-order valence-electron chi connectivity index (χ1n) is 5.21. The van der Waals surface area contributed by atoms with Crippen LogP contribution < -0.4 is 5.32 Å². The topological polar surface area (TPSA) is 32.3 Å². The number of aryl methyl sites for hydroxylation is 1. The Labute approximate surface area is 89.0 Å². The van der Waals surface area contributed by atoms with Crippen LogP contribution in [-0.4, -0.2) is 18.2 Å². The van der Waals surface area contributed by atoms with E-state index in [1.807, 2.05) is 0 Å². The van der Waals surface area contributed by atoms with Gasteiger partial charge >= 0.3 is 0 Å². The molecule has 2 rings (SSSR count). The van der Waals surface area contributed by atoms with Crippen molar-refractivity contribution in [3.8, 4) is 0 Å². The second-order valence-corrected chi connectivity index (χ2v) is 5.33. The number of hydrogen-bond donors (Lipinski definition) is 2. The Balaban J connectivity index is 2.20. The predicted molar refractivity (Wildman–Crippen MR) is 59.7 cm³/mol. The molecule has 0 aromatic carbocycles. The Morgan fingerprint density at radius 2 is 2.21 bits per heavy atom. The maximum Gasteiger partial charge on any atom is 0.100 e. The van der Waals surface area contributed by atoms with Crippen molar-refractivity contribution in [2.75, 3.05) is 13.1 Å². The molecule has 0 amide bonds. The van der Waals surface area contributed by atoms with Crippen molar-refractivity contribution in [2.24, 2.45) is 0 Å². The Hall–Kier alpha value is -0.380. The second-order valence-electron chi connectivity index (χ2n) is 4.05. The fourth-order valence-corrected chi connectivity index (χ4v) is 3.00. The minimum absolute atomic E-state index is 0.567. The molecule has 1 saturated heterocycles. The number of aliphatic hydroxyl groups is 1. The maximum atomic E-state index is 10.5. The largest absolute Gasteiger partial charge is 0.384 e. The van der Waals surface area contributed by atoms with E-state index in [0.29, 0.717) is 0 Å². The van der Waals surface area contributed by atoms with Crippen LogP contribution in [0.4, 0.5) is 0 Å². The lowest BCUT2D eigenvalue weighted by atomic mass is 9.93. The third-order valence-electron chi connectivity index (χ3n) is 2.86. The van der Waals surface area contributed by atoms with Crippen LogP contribution in [0.25, 0.3) is 0 Å². The number of nitrogens with one attached hydrogen (secondary N) is 1. The first-order chi connectivity index (χ1) is 6.71. The van der Waals surface area contributed by atoms with E-state index in [9.17, 15) is 5.11 Å². The minimum Gasteiger partial charge on any atom is -0.384 e. The van der Waals surface area contributed by atoms with Gasteiger partial charge in [0.05, 0.1) is 0 Å². The van der Waals surface area contributed by atoms with E-state index < -0.39 is 5.60 Å². The molecule has 2 heterocycles. The average Bonchev–Trinajstić information content (AvgIpc) is 2.47. The number of rotatable bonds is 1. The SMILES string of the molecule is Cc1ccc(C2(O)CCCNCC2)s1. The molecule has 1 atom stereocenters. The highest BCUT2D eigenvalue weighted by molar-refractivity contribution is 7.12. The molecule has 2 nitrogen and oxygen atoms in total. The summed E-state index contributed by atoms with van der Waals surface area (Å²) < 4.78 is 0. The van der Waals surface area contributed by atoms with Crippen LogP contribution in [0.5, 0.6) is 0 Å². The highest BCUT2D eigenvalue weighted by Gasteiger charge is 2.31. The van der Waals surface area contributed by atoms with Crippen LogP contribution in [0, 0.1) is 6.92 Å². The molecule has 1 aliphatic rings. The molecule has 0 radical (unpaired) electrons. The zero-order valence-electron chi connectivity index (χ0n) is 8.55. The van der Waals surface area contributed by atoms with Gasteiger partial charge in [-0.2, -0.15) is 0 Å². The Morgan fingerprint density at radius 3 is 2.93 bits per heavy atom. The van der Waals surface area contributed by atoms with E-state index in [0.717, 1.165) is 37.2 Å². The van der Waals surface area contributed by atoms with E-state index in [1.54, 1.807) is 11.3 Å². The zero-order chi connectivity index (χ0) is 10.0. The molecular weight excluding hydrogens is 194 g/mol. The summed E-state index contributed by atoms with van der Waals surface area (Å²) in [6.07, 6.45) is 2.79. The van der Waals surface area contributed by atoms with Gasteiger partial charge in [-0.1, -0.05) is 0 Å². The van der Waals surface area contributed by atoms with E-state index in [1.165, 1.54) is 4.88 Å². The molecule has 0 aliphatic carbocycles. The summed E-state index contributed by atoms with van der Waals surface area (Å²) in [5.74, 6) is 0. The van der Waals surface area contributed by atoms with Gasteiger partial charge in [0.1, 0.15) is 5.60 Å². The van der Waals surface area contributed by atoms with Crippen LogP contribution in [-0.2, 0) is 5.60 Å². The third kappa shape index (κ3) is 2.00. The molecular formula is C11H17NOS. The first-order valence-corrected chi connectivity index (χ1v) is 6.02. The summed E-state index contributed by atoms with van der Waals surface area (Å²) in [4.78, 5) is 2.42. The van der Waals surface area contributed by atoms with Crippen molar-refractivity contribution < 1.29 is 5.11 Å². The summed E-state index contributed by atoms with van der Waals surface area (Å²) >= 11 is 1.72. The summed E-state index contributed by atoms with van der Waals surface area (Å²) in [6, 6.07) is 4.17. The van der Waals surface area contributed by atoms with Crippen LogP contribution in [0.2, 0.25) is 0 Å². The molecule has 1 aromatic heterocycles. The van der Waals surface area contributed by atoms with E-state index >= 15 is 0 Å². The van der Waals surface area contributed by atoms with Crippen molar-refractivity contribution in [1.29, 1.82) is 0 Å². The van der Waals surface area contributed by atoms with E-state index in [2.05, 4.69) is 24.4 Å². The van der Waals surface area contributed by atoms with Crippen LogP contribution in [0.1, 0.15) is 29.0 Å². The van der Waals surface area contributed by atoms with Gasteiger partial charge in [0.2, 0.25) is 0 Å². The monoisotopic (exact) mass is 211 g/mol. The van der Waals surface area contributed by atoms with Gasteiger partial charge in [0, 0.05) is 9.75 Å². The molecule has 2 N–H and O–H groups in total. The number of thiophene rings is 1. The molecule has 14 heavy (non-hydrogen) atoms. The smallest absolute Gasteiger partial charge is 0.100 e. The summed E-state index contributed by atoms with van der Waals surface area (Å²) in [7, 11) is 0. The molecule has 0 bridgehead atoms. The van der Waals surface area contributed by atoms with Gasteiger partial charge in [-0.3, -0.25) is 0 Å². The summed E-state index contributed by atoms with van der Waals surface area (Å²) in [5.41, 5.74) is -0.567. The molecule has 0 spiro atoms. The number of hydrogen-bond acceptors (Lipinski definition) is 3. The lowest BCUT2D eigenvalue weighted by molar-refractivity contribution is 0.0277. The molecule has 1 unspecified atom stereocenters. The molecule has 1 aliphatic heterocycles. The molecule has 1 fully saturated rings. The van der Waals surface area contributed by atoms with Crippen LogP contribution >= 0.6 is 11.3 Å². The standard InChI is InChI=1S/C11H17NOS/c1-9-3-4-10(14-9)11(13)5-2-7-12-8-6-11/h3-4,12-13H,2,5-8H2,1H3. The molecule has 1 aromatic rings. The summed E-state index contributed by atoms with van der Waals surface area (Å²) in [6.45, 7) is 4.05. The lowest BCUT2D eigenvalue weighted by Crippen LogP contribution is -2.25. The first kappa shape index (κ1) is 10.1. The van der Waals surface area contributed by atoms with Crippen molar-refractivity contribution in [1.82, 2.24) is 5.32 Å². The van der Waals surface area contributed by atoms with Crippen LogP contribution in [0.15, 0.2) is 12.1 Å².